The summed E-state index contributed by atoms with van der Waals surface area (Å²) in [5, 5.41) is -0.543. The molecule has 0 spiro atoms. The van der Waals surface area contributed by atoms with E-state index < -0.39 is 23.2 Å². The first-order valence-corrected chi connectivity index (χ1v) is 30.1. The van der Waals surface area contributed by atoms with Crippen molar-refractivity contribution in [2.45, 2.75) is 76.7 Å². The summed E-state index contributed by atoms with van der Waals surface area (Å²) in [4.78, 5) is 97.7. The minimum absolute atomic E-state index is 0. The molecule has 0 aliphatic carbocycles. The summed E-state index contributed by atoms with van der Waals surface area (Å²) in [6.45, 7) is 20.5. The van der Waals surface area contributed by atoms with Gasteiger partial charge in [0, 0.05) is 34.9 Å². The van der Waals surface area contributed by atoms with Crippen LogP contribution < -0.4 is 9.47 Å². The zero-order valence-corrected chi connectivity index (χ0v) is 53.7. The van der Waals surface area contributed by atoms with Crippen LogP contribution in [0.15, 0.2) is 231 Å². The summed E-state index contributed by atoms with van der Waals surface area (Å²) in [6.07, 6.45) is 12.5. The van der Waals surface area contributed by atoms with Crippen LogP contribution in [0.1, 0.15) is 182 Å². The molecule has 8 aromatic carbocycles. The molecule has 0 radical (unpaired) electrons. The molecule has 0 atom stereocenters. The van der Waals surface area contributed by atoms with Gasteiger partial charge in [0.1, 0.15) is 18.1 Å². The molecule has 0 N–H and O–H groups in total. The Balaban J connectivity index is 0.000000795. The summed E-state index contributed by atoms with van der Waals surface area (Å²) >= 11 is 5.43. The third-order valence-electron chi connectivity index (χ3n) is 11.6. The fraction of sp³-hybridized carbons (Fsp3) is 0.179. The van der Waals surface area contributed by atoms with Gasteiger partial charge in [0.05, 0.1) is 23.3 Å². The maximum Gasteiger partial charge on any atom is 0.343 e. The predicted molar refractivity (Wildman–Crippen MR) is 371 cm³/mol. The quantitative estimate of drug-likeness (QED) is 0.0167. The summed E-state index contributed by atoms with van der Waals surface area (Å²) in [7, 11) is 1.53. The monoisotopic (exact) mass is 1250 g/mol. The number of methoxy groups -OCH3 is 1. The van der Waals surface area contributed by atoms with Crippen LogP contribution in [0.5, 0.6) is 11.5 Å². The topological polar surface area (TPSA) is 173 Å². The minimum atomic E-state index is -0.545. The van der Waals surface area contributed by atoms with E-state index in [1.807, 2.05) is 81.4 Å². The lowest BCUT2D eigenvalue weighted by atomic mass is 10.1. The van der Waals surface area contributed by atoms with Crippen LogP contribution in [0, 0.1) is 0 Å². The second-order valence-electron chi connectivity index (χ2n) is 17.2. The number of ketones is 4. The average molecular weight is 1250 g/mol. The highest BCUT2D eigenvalue weighted by Gasteiger charge is 2.13. The first-order valence-electron chi connectivity index (χ1n) is 29.7. The van der Waals surface area contributed by atoms with E-state index in [0.717, 1.165) is 22.3 Å². The second-order valence-corrected chi connectivity index (χ2v) is 17.6. The standard InChI is InChI=1S/C35H28O7.C32H21ClO5.5C2H6.CH4/c1-40-23-24-41-34(38)29-13-7-25(8-14-29)12-22-33(37)28-17-19-31(20-18-28)42-35(39)30-15-9-26(10-16-30)11-21-32(36)27-5-3-2-4-6-27;33-31(36)26-12-6-22(7-13-26)11-21-30(35)25-16-18-28(19-17-25)38-32(37)27-14-8-23(9-15-27)10-20-29(34)24-4-2-1-3-5-24;5*1-2;/h2-22H,23-24H2,1H3;1-21H;5*1-2H3;1H4/b21-11+,22-12+;;;;;;;. The van der Waals surface area contributed by atoms with Crippen molar-refractivity contribution in [1.82, 2.24) is 0 Å². The highest BCUT2D eigenvalue weighted by molar-refractivity contribution is 6.67. The maximum absolute atomic E-state index is 12.6. The van der Waals surface area contributed by atoms with Crippen molar-refractivity contribution in [2.75, 3.05) is 20.3 Å². The van der Waals surface area contributed by atoms with Crippen molar-refractivity contribution < 1.29 is 57.3 Å². The van der Waals surface area contributed by atoms with Crippen molar-refractivity contribution in [2.24, 2.45) is 0 Å². The summed E-state index contributed by atoms with van der Waals surface area (Å²) < 4.78 is 20.8. The molecule has 13 heteroatoms. The van der Waals surface area contributed by atoms with Crippen LogP contribution in [0.25, 0.3) is 24.3 Å². The SMILES string of the molecule is C.CC.CC.CC.CC.CC.COCCOC(=O)c1ccc(/C=C/C(=O)c2ccc(OC(=O)c3ccc(/C=C/C(=O)c4ccccc4)cc3)cc2)cc1.O=C(Cl)c1ccc(C=CC(=O)c2ccc(OC(=O)c3ccc(C=CC(=O)c4ccccc4)cc3)cc2)cc1. The normalized spacial score (nSPS) is 9.98. The van der Waals surface area contributed by atoms with Crippen LogP contribution in [-0.4, -0.2) is 66.6 Å². The Kier molecular flexibility index (Phi) is 39.7. The molecule has 0 fully saturated rings. The zero-order chi connectivity index (χ0) is 66.6. The Morgan fingerprint density at radius 1 is 0.308 bits per heavy atom. The number of allylic oxidation sites excluding steroid dienone is 4. The number of esters is 3. The van der Waals surface area contributed by atoms with Gasteiger partial charge < -0.3 is 18.9 Å². The second kappa shape index (κ2) is 45.9. The van der Waals surface area contributed by atoms with Gasteiger partial charge in [-0.05, 0) is 155 Å². The van der Waals surface area contributed by atoms with E-state index in [4.69, 9.17) is 30.5 Å². The predicted octanol–water partition coefficient (Wildman–Crippen LogP) is 19.3. The van der Waals surface area contributed by atoms with Crippen LogP contribution in [0.2, 0.25) is 0 Å². The molecule has 8 aromatic rings. The Bertz CT molecular complexity index is 3590. The third-order valence-corrected chi connectivity index (χ3v) is 11.8. The number of ether oxygens (including phenoxy) is 4. The number of hydrogen-bond donors (Lipinski definition) is 0. The first-order chi connectivity index (χ1) is 43.8. The molecule has 0 aromatic heterocycles. The number of hydrogen-bond acceptors (Lipinski definition) is 12. The van der Waals surface area contributed by atoms with E-state index >= 15 is 0 Å². The molecular formula is C78H83ClO12. The fourth-order valence-corrected chi connectivity index (χ4v) is 7.33. The number of carbonyl (C=O) groups is 8. The summed E-state index contributed by atoms with van der Waals surface area (Å²) in [5.74, 6) is -1.61. The molecule has 0 saturated carbocycles. The molecule has 0 saturated heterocycles. The van der Waals surface area contributed by atoms with Crippen LogP contribution in [-0.2, 0) is 9.47 Å². The van der Waals surface area contributed by atoms with Crippen molar-refractivity contribution in [1.29, 1.82) is 0 Å². The molecule has 474 valence electrons. The minimum Gasteiger partial charge on any atom is -0.460 e. The average Bonchev–Trinajstić information content (AvgIpc) is 2.89. The number of halogens is 1. The van der Waals surface area contributed by atoms with E-state index in [1.165, 1.54) is 31.4 Å². The number of benzene rings is 8. The smallest absolute Gasteiger partial charge is 0.343 e. The highest BCUT2D eigenvalue weighted by Crippen LogP contribution is 2.20. The lowest BCUT2D eigenvalue weighted by Crippen LogP contribution is -2.09. The Hall–Kier alpha value is -10.3. The van der Waals surface area contributed by atoms with Crippen LogP contribution in [0.4, 0.5) is 0 Å². The molecule has 0 aliphatic rings. The van der Waals surface area contributed by atoms with Gasteiger partial charge in [0.25, 0.3) is 5.24 Å². The molecule has 0 aliphatic heterocycles. The Morgan fingerprint density at radius 3 is 0.813 bits per heavy atom. The van der Waals surface area contributed by atoms with Crippen molar-refractivity contribution in [3.05, 3.63) is 297 Å². The van der Waals surface area contributed by atoms with Crippen LogP contribution >= 0.6 is 11.6 Å². The molecule has 0 heterocycles. The largest absolute Gasteiger partial charge is 0.460 e. The van der Waals surface area contributed by atoms with Crippen molar-refractivity contribution in [3.63, 3.8) is 0 Å². The van der Waals surface area contributed by atoms with Gasteiger partial charge in [0.2, 0.25) is 0 Å². The summed E-state index contributed by atoms with van der Waals surface area (Å²) in [5.41, 5.74) is 6.55. The van der Waals surface area contributed by atoms with Gasteiger partial charge in [-0.1, -0.05) is 210 Å². The number of rotatable bonds is 21. The molecule has 0 amide bonds. The van der Waals surface area contributed by atoms with Crippen LogP contribution in [0.3, 0.4) is 0 Å². The third kappa shape index (κ3) is 28.2. The Morgan fingerprint density at radius 2 is 0.549 bits per heavy atom. The molecule has 0 bridgehead atoms. The summed E-state index contributed by atoms with van der Waals surface area (Å²) in [6, 6.07) is 57.0. The van der Waals surface area contributed by atoms with E-state index in [2.05, 4.69) is 0 Å². The van der Waals surface area contributed by atoms with E-state index in [1.54, 1.807) is 218 Å². The zero-order valence-electron chi connectivity index (χ0n) is 52.9. The maximum atomic E-state index is 12.6. The van der Waals surface area contributed by atoms with Crippen molar-refractivity contribution in [3.8, 4) is 11.5 Å². The van der Waals surface area contributed by atoms with E-state index in [9.17, 15) is 38.4 Å². The van der Waals surface area contributed by atoms with Gasteiger partial charge in [-0.15, -0.1) is 0 Å². The first kappa shape index (κ1) is 78.7. The van der Waals surface area contributed by atoms with Gasteiger partial charge >= 0.3 is 17.9 Å². The Labute approximate surface area is 542 Å². The fourth-order valence-electron chi connectivity index (χ4n) is 7.20. The molecule has 8 rings (SSSR count). The van der Waals surface area contributed by atoms with Gasteiger partial charge in [-0.3, -0.25) is 24.0 Å². The number of carbonyl (C=O) groups excluding carboxylic acids is 8. The van der Waals surface area contributed by atoms with E-state index in [0.29, 0.717) is 62.6 Å². The molecule has 12 nitrogen and oxygen atoms in total. The van der Waals surface area contributed by atoms with Gasteiger partial charge in [-0.25, -0.2) is 14.4 Å². The molecule has 91 heavy (non-hydrogen) atoms. The van der Waals surface area contributed by atoms with E-state index in [-0.39, 0.29) is 37.2 Å². The highest BCUT2D eigenvalue weighted by atomic mass is 35.5. The lowest BCUT2D eigenvalue weighted by molar-refractivity contribution is 0.0387. The lowest BCUT2D eigenvalue weighted by Gasteiger charge is -2.05. The van der Waals surface area contributed by atoms with Gasteiger partial charge in [0.15, 0.2) is 23.1 Å². The van der Waals surface area contributed by atoms with Crippen molar-refractivity contribution >= 4 is 82.2 Å². The molecular weight excluding hydrogens is 1160 g/mol. The molecule has 0 unspecified atom stereocenters. The van der Waals surface area contributed by atoms with Gasteiger partial charge in [-0.2, -0.15) is 0 Å².